The van der Waals surface area contributed by atoms with Gasteiger partial charge in [-0.15, -0.1) is 0 Å². The molecule has 0 fully saturated rings. The molecule has 0 aliphatic carbocycles. The van der Waals surface area contributed by atoms with E-state index in [4.69, 9.17) is 15.2 Å². The number of ether oxygens (including phenoxy) is 2. The van der Waals surface area contributed by atoms with E-state index in [0.717, 1.165) is 28.1 Å². The van der Waals surface area contributed by atoms with E-state index in [-0.39, 0.29) is 19.0 Å². The van der Waals surface area contributed by atoms with Crippen LogP contribution in [-0.4, -0.2) is 32.3 Å². The van der Waals surface area contributed by atoms with E-state index in [1.165, 1.54) is 0 Å². The number of hydrogen-bond donors (Lipinski definition) is 2. The van der Waals surface area contributed by atoms with E-state index in [1.54, 1.807) is 0 Å². The van der Waals surface area contributed by atoms with E-state index in [1.807, 2.05) is 30.3 Å². The fraction of sp³-hybridized carbons (Fsp3) is 0.350. The quantitative estimate of drug-likeness (QED) is 0.541. The first-order valence-electron chi connectivity index (χ1n) is 8.46. The molecule has 0 saturated heterocycles. The highest BCUT2D eigenvalue weighted by molar-refractivity contribution is 5.77. The Bertz CT molecular complexity index is 681. The first-order chi connectivity index (χ1) is 12.1. The van der Waals surface area contributed by atoms with Crippen LogP contribution in [0, 0.1) is 13.8 Å². The van der Waals surface area contributed by atoms with Crippen LogP contribution in [0.25, 0.3) is 0 Å². The van der Waals surface area contributed by atoms with Crippen LogP contribution in [0.1, 0.15) is 16.7 Å². The first-order valence-corrected chi connectivity index (χ1v) is 8.46. The molecule has 3 N–H and O–H groups in total. The van der Waals surface area contributed by atoms with Crippen molar-refractivity contribution < 1.29 is 14.3 Å². The second-order valence-electron chi connectivity index (χ2n) is 5.85. The number of anilines is 2. The third-order valence-corrected chi connectivity index (χ3v) is 3.85. The van der Waals surface area contributed by atoms with Crippen molar-refractivity contribution in [1.29, 1.82) is 0 Å². The Morgan fingerprint density at radius 3 is 2.44 bits per heavy atom. The molecule has 0 unspecified atom stereocenters. The zero-order chi connectivity index (χ0) is 18.1. The van der Waals surface area contributed by atoms with E-state index in [0.29, 0.717) is 19.8 Å². The van der Waals surface area contributed by atoms with Crippen molar-refractivity contribution in [3.05, 3.63) is 59.2 Å². The molecular weight excluding hydrogens is 316 g/mol. The minimum atomic E-state index is -0.271. The highest BCUT2D eigenvalue weighted by Crippen LogP contribution is 2.26. The van der Waals surface area contributed by atoms with Crippen LogP contribution < -0.4 is 11.1 Å². The van der Waals surface area contributed by atoms with Crippen molar-refractivity contribution in [2.75, 3.05) is 31.7 Å². The summed E-state index contributed by atoms with van der Waals surface area (Å²) in [6.45, 7) is 5.67. The Morgan fingerprint density at radius 1 is 1.00 bits per heavy atom. The molecule has 0 aromatic heterocycles. The lowest BCUT2D eigenvalue weighted by atomic mass is 10.1. The Hall–Kier alpha value is -2.37. The van der Waals surface area contributed by atoms with Crippen LogP contribution >= 0.6 is 0 Å². The molecule has 0 bridgehead atoms. The first kappa shape index (κ1) is 19.0. The Balaban J connectivity index is 1.99. The Morgan fingerprint density at radius 2 is 1.72 bits per heavy atom. The van der Waals surface area contributed by atoms with Gasteiger partial charge in [-0.25, -0.2) is 0 Å². The van der Waals surface area contributed by atoms with Gasteiger partial charge in [0.1, 0.15) is 6.61 Å². The highest BCUT2D eigenvalue weighted by atomic mass is 16.6. The van der Waals surface area contributed by atoms with Crippen LogP contribution in [0.3, 0.4) is 0 Å². The van der Waals surface area contributed by atoms with Gasteiger partial charge in [0.2, 0.25) is 0 Å². The minimum Gasteiger partial charge on any atom is -0.463 e. The average molecular weight is 342 g/mol. The van der Waals surface area contributed by atoms with Crippen molar-refractivity contribution in [3.63, 3.8) is 0 Å². The van der Waals surface area contributed by atoms with Crippen molar-refractivity contribution in [1.82, 2.24) is 0 Å². The molecule has 2 rings (SSSR count). The number of esters is 1. The molecule has 0 heterocycles. The van der Waals surface area contributed by atoms with Crippen LogP contribution in [0.15, 0.2) is 42.5 Å². The van der Waals surface area contributed by atoms with Crippen molar-refractivity contribution >= 4 is 17.3 Å². The van der Waals surface area contributed by atoms with Gasteiger partial charge < -0.3 is 20.5 Å². The number of carbonyl (C=O) groups is 1. The molecule has 0 radical (unpaired) electrons. The van der Waals surface area contributed by atoms with E-state index in [2.05, 4.69) is 31.3 Å². The molecule has 2 aromatic rings. The summed E-state index contributed by atoms with van der Waals surface area (Å²) >= 11 is 0. The van der Waals surface area contributed by atoms with Gasteiger partial charge in [-0.2, -0.15) is 0 Å². The molecule has 0 aliphatic rings. The largest absolute Gasteiger partial charge is 0.463 e. The van der Waals surface area contributed by atoms with Crippen LogP contribution in [-0.2, 0) is 20.7 Å². The summed E-state index contributed by atoms with van der Waals surface area (Å²) in [6, 6.07) is 13.9. The molecule has 0 aliphatic heterocycles. The molecule has 5 heteroatoms. The molecule has 0 saturated carbocycles. The summed E-state index contributed by atoms with van der Waals surface area (Å²) in [5.41, 5.74) is 10.5. The van der Waals surface area contributed by atoms with E-state index in [9.17, 15) is 4.79 Å². The number of nitrogens with two attached hydrogens (primary N) is 1. The summed E-state index contributed by atoms with van der Waals surface area (Å²) in [5.74, 6) is -0.271. The lowest BCUT2D eigenvalue weighted by molar-refractivity contribution is -0.144. The molecule has 25 heavy (non-hydrogen) atoms. The standard InChI is InChI=1S/C20H26N2O3/c1-15-6-5-7-16(2)20(15)22-18-9-4-3-8-17(18)14-19(23)25-13-12-24-11-10-21/h3-9,22H,10-14,21H2,1-2H3. The lowest BCUT2D eigenvalue weighted by Crippen LogP contribution is -2.16. The van der Waals surface area contributed by atoms with Crippen molar-refractivity contribution in [2.45, 2.75) is 20.3 Å². The van der Waals surface area contributed by atoms with Gasteiger partial charge in [0, 0.05) is 17.9 Å². The fourth-order valence-electron chi connectivity index (χ4n) is 2.55. The number of benzene rings is 2. The monoisotopic (exact) mass is 342 g/mol. The van der Waals surface area contributed by atoms with Gasteiger partial charge in [-0.05, 0) is 36.6 Å². The van der Waals surface area contributed by atoms with Crippen LogP contribution in [0.5, 0.6) is 0 Å². The van der Waals surface area contributed by atoms with Gasteiger partial charge in [-0.3, -0.25) is 4.79 Å². The summed E-state index contributed by atoms with van der Waals surface area (Å²) in [4.78, 5) is 12.1. The van der Waals surface area contributed by atoms with Gasteiger partial charge in [-0.1, -0.05) is 36.4 Å². The maximum absolute atomic E-state index is 12.1. The number of para-hydroxylation sites is 2. The maximum Gasteiger partial charge on any atom is 0.310 e. The third kappa shape index (κ3) is 5.89. The number of carbonyl (C=O) groups excluding carboxylic acids is 1. The zero-order valence-corrected chi connectivity index (χ0v) is 14.9. The van der Waals surface area contributed by atoms with Gasteiger partial charge >= 0.3 is 5.97 Å². The average Bonchev–Trinajstić information content (AvgIpc) is 2.59. The smallest absolute Gasteiger partial charge is 0.310 e. The van der Waals surface area contributed by atoms with Gasteiger partial charge in [0.15, 0.2) is 0 Å². The highest BCUT2D eigenvalue weighted by Gasteiger charge is 2.11. The second kappa shape index (κ2) is 9.81. The van der Waals surface area contributed by atoms with Gasteiger partial charge in [0.25, 0.3) is 0 Å². The number of rotatable bonds is 9. The number of nitrogens with one attached hydrogen (secondary N) is 1. The van der Waals surface area contributed by atoms with Crippen molar-refractivity contribution in [3.8, 4) is 0 Å². The minimum absolute atomic E-state index is 0.213. The fourth-order valence-corrected chi connectivity index (χ4v) is 2.55. The Kier molecular flexibility index (Phi) is 7.44. The van der Waals surface area contributed by atoms with Crippen molar-refractivity contribution in [2.24, 2.45) is 5.73 Å². The second-order valence-corrected chi connectivity index (χ2v) is 5.85. The topological polar surface area (TPSA) is 73.6 Å². The third-order valence-electron chi connectivity index (χ3n) is 3.85. The summed E-state index contributed by atoms with van der Waals surface area (Å²) in [6.07, 6.45) is 0.213. The molecule has 0 spiro atoms. The molecule has 134 valence electrons. The molecule has 0 amide bonds. The summed E-state index contributed by atoms with van der Waals surface area (Å²) < 4.78 is 10.4. The van der Waals surface area contributed by atoms with E-state index >= 15 is 0 Å². The Labute approximate surface area is 149 Å². The summed E-state index contributed by atoms with van der Waals surface area (Å²) in [5, 5.41) is 3.45. The van der Waals surface area contributed by atoms with Crippen LogP contribution in [0.2, 0.25) is 0 Å². The lowest BCUT2D eigenvalue weighted by Gasteiger charge is -2.16. The van der Waals surface area contributed by atoms with E-state index < -0.39 is 0 Å². The predicted octanol–water partition coefficient (Wildman–Crippen LogP) is 3.11. The SMILES string of the molecule is Cc1cccc(C)c1Nc1ccccc1CC(=O)OCCOCCN. The zero-order valence-electron chi connectivity index (χ0n) is 14.9. The number of aryl methyl sites for hydroxylation is 2. The molecular formula is C20H26N2O3. The van der Waals surface area contributed by atoms with Gasteiger partial charge in [0.05, 0.1) is 19.6 Å². The summed E-state index contributed by atoms with van der Waals surface area (Å²) in [7, 11) is 0. The normalized spacial score (nSPS) is 10.5. The maximum atomic E-state index is 12.1. The van der Waals surface area contributed by atoms with Crippen LogP contribution in [0.4, 0.5) is 11.4 Å². The predicted molar refractivity (Wildman–Crippen MR) is 100 cm³/mol. The molecule has 0 atom stereocenters. The molecule has 2 aromatic carbocycles. The molecule has 5 nitrogen and oxygen atoms in total. The number of hydrogen-bond acceptors (Lipinski definition) is 5.